The summed E-state index contributed by atoms with van der Waals surface area (Å²) in [6, 6.07) is 5.66. The maximum atomic E-state index is 12.4. The van der Waals surface area contributed by atoms with E-state index >= 15 is 0 Å². The van der Waals surface area contributed by atoms with Crippen LogP contribution in [0.5, 0.6) is 0 Å². The van der Waals surface area contributed by atoms with Gasteiger partial charge in [-0.05, 0) is 37.2 Å². The zero-order chi connectivity index (χ0) is 18.7. The normalized spacial score (nSPS) is 28.0. The summed E-state index contributed by atoms with van der Waals surface area (Å²) in [5.41, 5.74) is 0.162. The van der Waals surface area contributed by atoms with Crippen molar-refractivity contribution < 1.29 is 19.2 Å². The van der Waals surface area contributed by atoms with Gasteiger partial charge in [0.15, 0.2) is 0 Å². The highest BCUT2D eigenvalue weighted by atomic mass is 16.6. The molecule has 1 saturated carbocycles. The maximum absolute atomic E-state index is 12.4. The number of ether oxygens (including phenoxy) is 1. The highest BCUT2D eigenvalue weighted by Gasteiger charge is 2.40. The second-order valence-corrected chi connectivity index (χ2v) is 7.05. The number of amides is 2. The first-order chi connectivity index (χ1) is 12.5. The Hall–Kier alpha value is -2.48. The van der Waals surface area contributed by atoms with Crippen LogP contribution in [0.2, 0.25) is 0 Å². The molecule has 8 heteroatoms. The molecule has 3 rings (SSSR count). The van der Waals surface area contributed by atoms with Crippen LogP contribution in [0.4, 0.5) is 5.69 Å². The van der Waals surface area contributed by atoms with Gasteiger partial charge in [-0.2, -0.15) is 0 Å². The summed E-state index contributed by atoms with van der Waals surface area (Å²) in [6.07, 6.45) is 2.87. The molecule has 2 N–H and O–H groups in total. The van der Waals surface area contributed by atoms with Crippen molar-refractivity contribution >= 4 is 17.5 Å². The number of nitrogens with zero attached hydrogens (tertiary/aromatic N) is 1. The third-order valence-electron chi connectivity index (χ3n) is 5.34. The third-order valence-corrected chi connectivity index (χ3v) is 5.34. The number of nitrogens with one attached hydrogen (secondary N) is 2. The molecule has 0 radical (unpaired) electrons. The van der Waals surface area contributed by atoms with Crippen molar-refractivity contribution in [3.8, 4) is 0 Å². The van der Waals surface area contributed by atoms with Gasteiger partial charge >= 0.3 is 0 Å². The molecule has 2 fully saturated rings. The number of hydrogen-bond donors (Lipinski definition) is 2. The number of carbonyl (C=O) groups excluding carboxylic acids is 2. The second kappa shape index (κ2) is 7.82. The van der Waals surface area contributed by atoms with Crippen molar-refractivity contribution in [1.29, 1.82) is 0 Å². The van der Waals surface area contributed by atoms with E-state index in [1.54, 1.807) is 13.2 Å². The molecule has 26 heavy (non-hydrogen) atoms. The zero-order valence-electron chi connectivity index (χ0n) is 14.6. The highest BCUT2D eigenvalue weighted by Crippen LogP contribution is 2.35. The number of carbonyl (C=O) groups is 2. The quantitative estimate of drug-likeness (QED) is 0.612. The van der Waals surface area contributed by atoms with Gasteiger partial charge in [-0.1, -0.05) is 6.07 Å². The van der Waals surface area contributed by atoms with Crippen LogP contribution >= 0.6 is 0 Å². The maximum Gasteiger partial charge on any atom is 0.270 e. The van der Waals surface area contributed by atoms with Crippen LogP contribution in [-0.4, -0.2) is 42.5 Å². The highest BCUT2D eigenvalue weighted by molar-refractivity contribution is 5.95. The topological polar surface area (TPSA) is 111 Å². The van der Waals surface area contributed by atoms with E-state index in [-0.39, 0.29) is 41.1 Å². The Balaban J connectivity index is 1.63. The summed E-state index contributed by atoms with van der Waals surface area (Å²) in [5, 5.41) is 16.9. The van der Waals surface area contributed by atoms with Crippen molar-refractivity contribution in [2.75, 3.05) is 13.7 Å². The van der Waals surface area contributed by atoms with E-state index < -0.39 is 4.92 Å². The first-order valence-electron chi connectivity index (χ1n) is 8.81. The molecule has 1 aliphatic carbocycles. The molecule has 0 spiro atoms. The molecule has 1 aliphatic heterocycles. The van der Waals surface area contributed by atoms with Crippen LogP contribution in [0.1, 0.15) is 36.0 Å². The molecule has 140 valence electrons. The summed E-state index contributed by atoms with van der Waals surface area (Å²) in [7, 11) is 1.65. The summed E-state index contributed by atoms with van der Waals surface area (Å²) in [6.45, 7) is 0.569. The summed E-state index contributed by atoms with van der Waals surface area (Å²) in [4.78, 5) is 34.7. The van der Waals surface area contributed by atoms with E-state index in [9.17, 15) is 19.7 Å². The predicted molar refractivity (Wildman–Crippen MR) is 93.6 cm³/mol. The number of nitro benzene ring substituents is 1. The van der Waals surface area contributed by atoms with Gasteiger partial charge in [-0.3, -0.25) is 19.7 Å². The SMILES string of the molecule is COCC1CC(=O)NC2CC(NC(=O)c3cccc([N+](=O)[O-])c3)CCC12. The Morgan fingerprint density at radius 3 is 2.96 bits per heavy atom. The lowest BCUT2D eigenvalue weighted by Crippen LogP contribution is -2.56. The van der Waals surface area contributed by atoms with Crippen LogP contribution in [-0.2, 0) is 9.53 Å². The molecule has 2 aliphatic rings. The first kappa shape index (κ1) is 18.3. The molecule has 1 heterocycles. The average Bonchev–Trinajstić information content (AvgIpc) is 2.61. The lowest BCUT2D eigenvalue weighted by molar-refractivity contribution is -0.384. The van der Waals surface area contributed by atoms with Gasteiger partial charge in [-0.25, -0.2) is 0 Å². The minimum absolute atomic E-state index is 0.0268. The zero-order valence-corrected chi connectivity index (χ0v) is 14.6. The monoisotopic (exact) mass is 361 g/mol. The average molecular weight is 361 g/mol. The summed E-state index contributed by atoms with van der Waals surface area (Å²) >= 11 is 0. The summed E-state index contributed by atoms with van der Waals surface area (Å²) < 4.78 is 5.25. The summed E-state index contributed by atoms with van der Waals surface area (Å²) in [5.74, 6) is 0.275. The number of rotatable bonds is 5. The molecule has 0 bridgehead atoms. The van der Waals surface area contributed by atoms with E-state index in [0.717, 1.165) is 12.8 Å². The van der Waals surface area contributed by atoms with E-state index in [1.807, 2.05) is 0 Å². The smallest absolute Gasteiger partial charge is 0.270 e. The molecule has 2 amide bonds. The number of hydrogen-bond acceptors (Lipinski definition) is 5. The van der Waals surface area contributed by atoms with E-state index in [1.165, 1.54) is 18.2 Å². The molecule has 8 nitrogen and oxygen atoms in total. The van der Waals surface area contributed by atoms with Crippen LogP contribution < -0.4 is 10.6 Å². The predicted octanol–water partition coefficient (Wildman–Crippen LogP) is 1.64. The largest absolute Gasteiger partial charge is 0.384 e. The molecular weight excluding hydrogens is 338 g/mol. The van der Waals surface area contributed by atoms with Gasteiger partial charge in [0.05, 0.1) is 4.92 Å². The van der Waals surface area contributed by atoms with E-state index in [4.69, 9.17) is 4.74 Å². The van der Waals surface area contributed by atoms with E-state index in [0.29, 0.717) is 25.4 Å². The lowest BCUT2D eigenvalue weighted by Gasteiger charge is -2.43. The van der Waals surface area contributed by atoms with Gasteiger partial charge in [0.1, 0.15) is 0 Å². The van der Waals surface area contributed by atoms with Crippen LogP contribution in [0, 0.1) is 22.0 Å². The van der Waals surface area contributed by atoms with Crippen LogP contribution in [0.25, 0.3) is 0 Å². The third kappa shape index (κ3) is 4.01. The van der Waals surface area contributed by atoms with Crippen LogP contribution in [0.15, 0.2) is 24.3 Å². The number of non-ortho nitro benzene ring substituents is 1. The number of benzene rings is 1. The number of fused-ring (bicyclic) bond motifs is 1. The van der Waals surface area contributed by atoms with E-state index in [2.05, 4.69) is 10.6 Å². The minimum Gasteiger partial charge on any atom is -0.384 e. The molecule has 4 atom stereocenters. The van der Waals surface area contributed by atoms with Crippen LogP contribution in [0.3, 0.4) is 0 Å². The van der Waals surface area contributed by atoms with Gasteiger partial charge in [0.2, 0.25) is 5.91 Å². The van der Waals surface area contributed by atoms with Gasteiger partial charge in [0.25, 0.3) is 11.6 Å². The van der Waals surface area contributed by atoms with Crippen molar-refractivity contribution in [3.05, 3.63) is 39.9 Å². The van der Waals surface area contributed by atoms with Crippen molar-refractivity contribution in [1.82, 2.24) is 10.6 Å². The second-order valence-electron chi connectivity index (χ2n) is 7.05. The molecule has 4 unspecified atom stereocenters. The van der Waals surface area contributed by atoms with Crippen molar-refractivity contribution in [2.45, 2.75) is 37.8 Å². The number of methoxy groups -OCH3 is 1. The van der Waals surface area contributed by atoms with Gasteiger partial charge in [0, 0.05) is 49.9 Å². The Morgan fingerprint density at radius 2 is 2.23 bits per heavy atom. The Labute approximate surface area is 151 Å². The van der Waals surface area contributed by atoms with Gasteiger partial charge in [-0.15, -0.1) is 0 Å². The fourth-order valence-corrected chi connectivity index (χ4v) is 4.14. The fourth-order valence-electron chi connectivity index (χ4n) is 4.14. The van der Waals surface area contributed by atoms with Gasteiger partial charge < -0.3 is 15.4 Å². The molecule has 1 aromatic carbocycles. The Morgan fingerprint density at radius 1 is 1.42 bits per heavy atom. The Bertz CT molecular complexity index is 708. The van der Waals surface area contributed by atoms with Crippen molar-refractivity contribution in [2.24, 2.45) is 11.8 Å². The molecule has 0 aromatic heterocycles. The standard InChI is InChI=1S/C18H23N3O5/c1-26-10-12-8-17(22)20-16-9-13(5-6-15(12)16)19-18(23)11-3-2-4-14(7-11)21(24)25/h2-4,7,12-13,15-16H,5-6,8-10H2,1H3,(H,19,23)(H,20,22). The number of nitro groups is 1. The minimum atomic E-state index is -0.518. The number of piperidine rings is 1. The lowest BCUT2D eigenvalue weighted by atomic mass is 9.71. The van der Waals surface area contributed by atoms with Crippen molar-refractivity contribution in [3.63, 3.8) is 0 Å². The molecular formula is C18H23N3O5. The first-order valence-corrected chi connectivity index (χ1v) is 8.81. The fraction of sp³-hybridized carbons (Fsp3) is 0.556. The Kier molecular flexibility index (Phi) is 5.51. The molecule has 1 saturated heterocycles. The molecule has 1 aromatic rings.